The molecule has 0 fully saturated rings. The van der Waals surface area contributed by atoms with Crippen LogP contribution < -0.4 is 0 Å². The summed E-state index contributed by atoms with van der Waals surface area (Å²) in [6.07, 6.45) is 31.3. The molecule has 0 N–H and O–H groups in total. The maximum Gasteiger partial charge on any atom is 0.225 e. The van der Waals surface area contributed by atoms with E-state index in [0.717, 1.165) is 32.5 Å². The second-order valence-electron chi connectivity index (χ2n) is 13.0. The van der Waals surface area contributed by atoms with E-state index in [1.807, 2.05) is 0 Å². The molecule has 0 bridgehead atoms. The Hall–Kier alpha value is -0.570. The van der Waals surface area contributed by atoms with Crippen LogP contribution in [0.1, 0.15) is 182 Å². The van der Waals surface area contributed by atoms with Gasteiger partial charge in [-0.05, 0) is 45.7 Å². The van der Waals surface area contributed by atoms with Crippen LogP contribution in [0.2, 0.25) is 0 Å². The monoisotopic (exact) mass is 551 g/mol. The SMILES string of the molecule is CCCCCCCCC(CCCCCC)CN(CCN(C)C)C(=O)C(CCCCCC)CCCCCCCC. The third kappa shape index (κ3) is 23.8. The van der Waals surface area contributed by atoms with Crippen LogP contribution in [0.4, 0.5) is 0 Å². The zero-order chi connectivity index (χ0) is 29.0. The summed E-state index contributed by atoms with van der Waals surface area (Å²) in [4.78, 5) is 18.7. The lowest BCUT2D eigenvalue weighted by atomic mass is 9.90. The second-order valence-corrected chi connectivity index (χ2v) is 13.0. The molecule has 2 unspecified atom stereocenters. The molecule has 3 nitrogen and oxygen atoms in total. The van der Waals surface area contributed by atoms with E-state index in [-0.39, 0.29) is 5.92 Å². The Morgan fingerprint density at radius 2 is 0.846 bits per heavy atom. The van der Waals surface area contributed by atoms with Gasteiger partial charge in [0.15, 0.2) is 0 Å². The Labute approximate surface area is 247 Å². The number of hydrogen-bond donors (Lipinski definition) is 0. The number of hydrogen-bond acceptors (Lipinski definition) is 2. The molecule has 0 aromatic carbocycles. The number of likely N-dealkylation sites (N-methyl/N-ethyl adjacent to an activating group) is 1. The van der Waals surface area contributed by atoms with Crippen molar-refractivity contribution in [1.82, 2.24) is 9.80 Å². The average Bonchev–Trinajstić information content (AvgIpc) is 2.93. The zero-order valence-corrected chi connectivity index (χ0v) is 28.0. The first kappa shape index (κ1) is 38.4. The molecule has 0 aliphatic rings. The molecule has 39 heavy (non-hydrogen) atoms. The summed E-state index contributed by atoms with van der Waals surface area (Å²) in [7, 11) is 4.31. The quantitative estimate of drug-likeness (QED) is 0.0830. The van der Waals surface area contributed by atoms with Crippen molar-refractivity contribution in [3.63, 3.8) is 0 Å². The minimum atomic E-state index is 0.241. The van der Waals surface area contributed by atoms with Gasteiger partial charge < -0.3 is 9.80 Å². The van der Waals surface area contributed by atoms with Crippen molar-refractivity contribution < 1.29 is 4.79 Å². The summed E-state index contributed by atoms with van der Waals surface area (Å²) in [5.41, 5.74) is 0. The summed E-state index contributed by atoms with van der Waals surface area (Å²) >= 11 is 0. The van der Waals surface area contributed by atoms with Gasteiger partial charge in [-0.2, -0.15) is 0 Å². The van der Waals surface area contributed by atoms with Crippen LogP contribution >= 0.6 is 0 Å². The number of carbonyl (C=O) groups excluding carboxylic acids is 1. The molecular formula is C36H74N2O. The third-order valence-corrected chi connectivity index (χ3v) is 8.70. The van der Waals surface area contributed by atoms with Gasteiger partial charge in [-0.3, -0.25) is 4.79 Å². The van der Waals surface area contributed by atoms with Crippen LogP contribution in [0, 0.1) is 11.8 Å². The molecule has 0 saturated carbocycles. The van der Waals surface area contributed by atoms with Crippen molar-refractivity contribution in [2.24, 2.45) is 11.8 Å². The van der Waals surface area contributed by atoms with Crippen molar-refractivity contribution in [2.75, 3.05) is 33.7 Å². The fourth-order valence-electron chi connectivity index (χ4n) is 5.96. The molecule has 234 valence electrons. The second kappa shape index (κ2) is 28.9. The molecule has 3 heteroatoms. The average molecular weight is 551 g/mol. The molecule has 1 amide bonds. The Bertz CT molecular complexity index is 506. The molecule has 0 saturated heterocycles. The van der Waals surface area contributed by atoms with Crippen LogP contribution in [-0.2, 0) is 4.79 Å². The van der Waals surface area contributed by atoms with E-state index in [0.29, 0.717) is 11.8 Å². The molecule has 0 aromatic heterocycles. The Morgan fingerprint density at radius 3 is 1.26 bits per heavy atom. The Kier molecular flexibility index (Phi) is 28.5. The first-order chi connectivity index (χ1) is 19.0. The summed E-state index contributed by atoms with van der Waals surface area (Å²) in [5, 5.41) is 0. The van der Waals surface area contributed by atoms with E-state index < -0.39 is 0 Å². The molecule has 0 aliphatic heterocycles. The van der Waals surface area contributed by atoms with E-state index in [2.05, 4.69) is 51.6 Å². The third-order valence-electron chi connectivity index (χ3n) is 8.70. The molecule has 0 aliphatic carbocycles. The van der Waals surface area contributed by atoms with E-state index in [9.17, 15) is 4.79 Å². The smallest absolute Gasteiger partial charge is 0.225 e. The topological polar surface area (TPSA) is 23.6 Å². The van der Waals surface area contributed by atoms with Crippen molar-refractivity contribution in [1.29, 1.82) is 0 Å². The zero-order valence-electron chi connectivity index (χ0n) is 28.0. The van der Waals surface area contributed by atoms with Crippen LogP contribution in [0.25, 0.3) is 0 Å². The highest BCUT2D eigenvalue weighted by Crippen LogP contribution is 2.25. The predicted octanol–water partition coefficient (Wildman–Crippen LogP) is 11.1. The fraction of sp³-hybridized carbons (Fsp3) is 0.972. The molecule has 0 aromatic rings. The largest absolute Gasteiger partial charge is 0.341 e. The van der Waals surface area contributed by atoms with E-state index >= 15 is 0 Å². The van der Waals surface area contributed by atoms with Gasteiger partial charge in [0.25, 0.3) is 0 Å². The van der Waals surface area contributed by atoms with E-state index in [1.165, 1.54) is 141 Å². The lowest BCUT2D eigenvalue weighted by Gasteiger charge is -2.32. The first-order valence-corrected chi connectivity index (χ1v) is 17.9. The van der Waals surface area contributed by atoms with E-state index in [4.69, 9.17) is 0 Å². The molecule has 0 rings (SSSR count). The van der Waals surface area contributed by atoms with Gasteiger partial charge in [-0.15, -0.1) is 0 Å². The van der Waals surface area contributed by atoms with Crippen LogP contribution in [-0.4, -0.2) is 49.4 Å². The summed E-state index contributed by atoms with van der Waals surface area (Å²) < 4.78 is 0. The van der Waals surface area contributed by atoms with Crippen LogP contribution in [0.3, 0.4) is 0 Å². The first-order valence-electron chi connectivity index (χ1n) is 17.9. The lowest BCUT2D eigenvalue weighted by molar-refractivity contribution is -0.137. The highest BCUT2D eigenvalue weighted by Gasteiger charge is 2.26. The molecule has 0 heterocycles. The van der Waals surface area contributed by atoms with Gasteiger partial charge in [0.1, 0.15) is 0 Å². The Balaban J connectivity index is 5.31. The summed E-state index contributed by atoms with van der Waals surface area (Å²) in [6.45, 7) is 12.1. The van der Waals surface area contributed by atoms with Crippen molar-refractivity contribution >= 4 is 5.91 Å². The van der Waals surface area contributed by atoms with Crippen LogP contribution in [0.15, 0.2) is 0 Å². The van der Waals surface area contributed by atoms with Gasteiger partial charge in [-0.25, -0.2) is 0 Å². The number of amides is 1. The molecule has 2 atom stereocenters. The molecule has 0 radical (unpaired) electrons. The van der Waals surface area contributed by atoms with Crippen LogP contribution in [0.5, 0.6) is 0 Å². The van der Waals surface area contributed by atoms with Gasteiger partial charge in [0.05, 0.1) is 0 Å². The van der Waals surface area contributed by atoms with Gasteiger partial charge in [-0.1, -0.05) is 156 Å². The summed E-state index contributed by atoms with van der Waals surface area (Å²) in [5.74, 6) is 1.40. The number of unbranched alkanes of at least 4 members (excludes halogenated alkanes) is 16. The van der Waals surface area contributed by atoms with Gasteiger partial charge in [0, 0.05) is 25.6 Å². The fourth-order valence-corrected chi connectivity index (χ4v) is 5.96. The summed E-state index contributed by atoms with van der Waals surface area (Å²) in [6, 6.07) is 0. The highest BCUT2D eigenvalue weighted by molar-refractivity contribution is 5.78. The van der Waals surface area contributed by atoms with Crippen molar-refractivity contribution in [2.45, 2.75) is 182 Å². The van der Waals surface area contributed by atoms with Gasteiger partial charge >= 0.3 is 0 Å². The maximum absolute atomic E-state index is 14.2. The minimum Gasteiger partial charge on any atom is -0.341 e. The standard InChI is InChI=1S/C36H74N2O/c1-7-11-15-19-21-24-28-34(27-23-17-13-9-3)33-38(32-31-37(5)6)36(39)35(29-25-18-14-10-4)30-26-22-20-16-12-8-2/h34-35H,7-33H2,1-6H3. The number of nitrogens with zero attached hydrogens (tertiary/aromatic N) is 2. The van der Waals surface area contributed by atoms with Crippen molar-refractivity contribution in [3.8, 4) is 0 Å². The highest BCUT2D eigenvalue weighted by atomic mass is 16.2. The lowest BCUT2D eigenvalue weighted by Crippen LogP contribution is -2.43. The van der Waals surface area contributed by atoms with E-state index in [1.54, 1.807) is 0 Å². The number of carbonyl (C=O) groups is 1. The number of rotatable bonds is 30. The Morgan fingerprint density at radius 1 is 0.487 bits per heavy atom. The van der Waals surface area contributed by atoms with Crippen molar-refractivity contribution in [3.05, 3.63) is 0 Å². The minimum absolute atomic E-state index is 0.241. The van der Waals surface area contributed by atoms with Gasteiger partial charge in [0.2, 0.25) is 5.91 Å². The maximum atomic E-state index is 14.2. The molecular weight excluding hydrogens is 476 g/mol. The predicted molar refractivity (Wildman–Crippen MR) is 176 cm³/mol. The molecule has 0 spiro atoms. The normalized spacial score (nSPS) is 13.2.